The monoisotopic (exact) mass is 283 g/mol. The van der Waals surface area contributed by atoms with Crippen molar-refractivity contribution in [2.24, 2.45) is 0 Å². The standard InChI is InChI=1S/C17H21N3O/c1-12-6-8-13(9-7-12)16-10-14(17(21)20-19-16)11-18-15-4-2-3-5-15/h6-10,15,18H,2-5,11H2,1H3,(H,20,21). The normalized spacial score (nSPS) is 15.5. The van der Waals surface area contributed by atoms with E-state index in [0.29, 0.717) is 12.6 Å². The molecule has 4 nitrogen and oxygen atoms in total. The van der Waals surface area contributed by atoms with Crippen LogP contribution in [0.1, 0.15) is 36.8 Å². The second-order valence-corrected chi connectivity index (χ2v) is 5.84. The molecular weight excluding hydrogens is 262 g/mol. The average molecular weight is 283 g/mol. The quantitative estimate of drug-likeness (QED) is 0.907. The SMILES string of the molecule is Cc1ccc(-c2cc(CNC3CCCC3)c(=O)[nH]n2)cc1. The van der Waals surface area contributed by atoms with Gasteiger partial charge in [0.25, 0.3) is 5.56 Å². The number of nitrogens with one attached hydrogen (secondary N) is 2. The van der Waals surface area contributed by atoms with Crippen molar-refractivity contribution in [1.29, 1.82) is 0 Å². The summed E-state index contributed by atoms with van der Waals surface area (Å²) in [5, 5.41) is 10.2. The first-order chi connectivity index (χ1) is 10.2. The number of aryl methyl sites for hydroxylation is 1. The van der Waals surface area contributed by atoms with Gasteiger partial charge in [0.15, 0.2) is 0 Å². The van der Waals surface area contributed by atoms with Crippen molar-refractivity contribution in [3.63, 3.8) is 0 Å². The van der Waals surface area contributed by atoms with Gasteiger partial charge in [0, 0.05) is 23.7 Å². The minimum absolute atomic E-state index is 0.101. The largest absolute Gasteiger partial charge is 0.310 e. The molecule has 3 rings (SSSR count). The third kappa shape index (κ3) is 3.39. The Balaban J connectivity index is 1.78. The van der Waals surface area contributed by atoms with Gasteiger partial charge in [-0.05, 0) is 25.8 Å². The molecule has 1 aromatic heterocycles. The second kappa shape index (κ2) is 6.22. The summed E-state index contributed by atoms with van der Waals surface area (Å²) >= 11 is 0. The summed E-state index contributed by atoms with van der Waals surface area (Å²) < 4.78 is 0. The van der Waals surface area contributed by atoms with Gasteiger partial charge >= 0.3 is 0 Å². The van der Waals surface area contributed by atoms with Crippen LogP contribution in [0.4, 0.5) is 0 Å². The Labute approximate surface area is 124 Å². The molecule has 0 radical (unpaired) electrons. The highest BCUT2D eigenvalue weighted by molar-refractivity contribution is 5.59. The number of rotatable bonds is 4. The van der Waals surface area contributed by atoms with Crippen LogP contribution in [0, 0.1) is 6.92 Å². The molecule has 1 aromatic carbocycles. The van der Waals surface area contributed by atoms with Crippen molar-refractivity contribution in [1.82, 2.24) is 15.5 Å². The lowest BCUT2D eigenvalue weighted by Crippen LogP contribution is -2.29. The van der Waals surface area contributed by atoms with E-state index in [0.717, 1.165) is 16.8 Å². The van der Waals surface area contributed by atoms with E-state index in [-0.39, 0.29) is 5.56 Å². The number of aromatic nitrogens is 2. The van der Waals surface area contributed by atoms with Crippen LogP contribution in [0.15, 0.2) is 35.1 Å². The lowest BCUT2D eigenvalue weighted by atomic mass is 10.1. The van der Waals surface area contributed by atoms with E-state index in [2.05, 4.69) is 34.6 Å². The van der Waals surface area contributed by atoms with Crippen molar-refractivity contribution in [2.75, 3.05) is 0 Å². The third-order valence-corrected chi connectivity index (χ3v) is 4.16. The van der Waals surface area contributed by atoms with E-state index >= 15 is 0 Å². The molecule has 0 unspecified atom stereocenters. The van der Waals surface area contributed by atoms with Gasteiger partial charge in [-0.1, -0.05) is 42.7 Å². The van der Waals surface area contributed by atoms with Gasteiger partial charge in [-0.3, -0.25) is 4.79 Å². The molecule has 1 saturated carbocycles. The summed E-state index contributed by atoms with van der Waals surface area (Å²) in [6.45, 7) is 2.67. The van der Waals surface area contributed by atoms with Gasteiger partial charge in [-0.15, -0.1) is 0 Å². The summed E-state index contributed by atoms with van der Waals surface area (Å²) in [6, 6.07) is 10.6. The van der Waals surface area contributed by atoms with Crippen LogP contribution in [-0.2, 0) is 6.54 Å². The highest BCUT2D eigenvalue weighted by Gasteiger charge is 2.15. The Morgan fingerprint density at radius 2 is 1.95 bits per heavy atom. The van der Waals surface area contributed by atoms with E-state index in [1.807, 2.05) is 18.2 Å². The molecule has 1 fully saturated rings. The predicted octanol–water partition coefficient (Wildman–Crippen LogP) is 2.78. The van der Waals surface area contributed by atoms with Crippen LogP contribution >= 0.6 is 0 Å². The fraction of sp³-hybridized carbons (Fsp3) is 0.412. The van der Waals surface area contributed by atoms with E-state index < -0.39 is 0 Å². The highest BCUT2D eigenvalue weighted by atomic mass is 16.1. The fourth-order valence-electron chi connectivity index (χ4n) is 2.83. The summed E-state index contributed by atoms with van der Waals surface area (Å²) in [4.78, 5) is 11.9. The molecule has 2 aromatic rings. The smallest absolute Gasteiger partial charge is 0.268 e. The third-order valence-electron chi connectivity index (χ3n) is 4.16. The highest BCUT2D eigenvalue weighted by Crippen LogP contribution is 2.19. The molecule has 110 valence electrons. The van der Waals surface area contributed by atoms with E-state index in [9.17, 15) is 4.79 Å². The first kappa shape index (κ1) is 14.0. The molecule has 1 heterocycles. The lowest BCUT2D eigenvalue weighted by Gasteiger charge is -2.11. The molecule has 0 aliphatic heterocycles. The molecular formula is C17H21N3O. The fourth-order valence-corrected chi connectivity index (χ4v) is 2.83. The Morgan fingerprint density at radius 3 is 2.67 bits per heavy atom. The molecule has 4 heteroatoms. The molecule has 2 N–H and O–H groups in total. The van der Waals surface area contributed by atoms with Crippen molar-refractivity contribution in [2.45, 2.75) is 45.2 Å². The predicted molar refractivity (Wildman–Crippen MR) is 84.1 cm³/mol. The van der Waals surface area contributed by atoms with Crippen molar-refractivity contribution in [3.05, 3.63) is 51.8 Å². The van der Waals surface area contributed by atoms with Gasteiger partial charge in [0.2, 0.25) is 0 Å². The number of aromatic amines is 1. The Bertz CT molecular complexity index is 654. The summed E-state index contributed by atoms with van der Waals surface area (Å²) in [6.07, 6.45) is 5.01. The molecule has 0 atom stereocenters. The van der Waals surface area contributed by atoms with Crippen LogP contribution < -0.4 is 10.9 Å². The molecule has 1 aliphatic rings. The number of H-pyrrole nitrogens is 1. The molecule has 0 saturated heterocycles. The van der Waals surface area contributed by atoms with Gasteiger partial charge < -0.3 is 5.32 Å². The van der Waals surface area contributed by atoms with E-state index in [1.54, 1.807) is 0 Å². The Hall–Kier alpha value is -1.94. The second-order valence-electron chi connectivity index (χ2n) is 5.84. The lowest BCUT2D eigenvalue weighted by molar-refractivity contribution is 0.522. The Kier molecular flexibility index (Phi) is 4.15. The summed E-state index contributed by atoms with van der Waals surface area (Å²) in [7, 11) is 0. The maximum absolute atomic E-state index is 11.9. The first-order valence-corrected chi connectivity index (χ1v) is 7.61. The molecule has 21 heavy (non-hydrogen) atoms. The molecule has 0 amide bonds. The summed E-state index contributed by atoms with van der Waals surface area (Å²) in [5.74, 6) is 0. The molecule has 0 spiro atoms. The number of hydrogen-bond acceptors (Lipinski definition) is 3. The van der Waals surface area contributed by atoms with Crippen LogP contribution in [0.25, 0.3) is 11.3 Å². The minimum Gasteiger partial charge on any atom is -0.310 e. The van der Waals surface area contributed by atoms with E-state index in [4.69, 9.17) is 0 Å². The Morgan fingerprint density at radius 1 is 1.24 bits per heavy atom. The topological polar surface area (TPSA) is 57.8 Å². The van der Waals surface area contributed by atoms with Crippen LogP contribution in [-0.4, -0.2) is 16.2 Å². The van der Waals surface area contributed by atoms with Crippen molar-refractivity contribution < 1.29 is 0 Å². The van der Waals surface area contributed by atoms with Gasteiger partial charge in [0.1, 0.15) is 0 Å². The minimum atomic E-state index is -0.101. The van der Waals surface area contributed by atoms with Crippen LogP contribution in [0.5, 0.6) is 0 Å². The zero-order valence-corrected chi connectivity index (χ0v) is 12.4. The maximum atomic E-state index is 11.9. The molecule has 1 aliphatic carbocycles. The number of hydrogen-bond donors (Lipinski definition) is 2. The van der Waals surface area contributed by atoms with Gasteiger partial charge in [0.05, 0.1) is 5.69 Å². The van der Waals surface area contributed by atoms with Crippen molar-refractivity contribution >= 4 is 0 Å². The number of benzene rings is 1. The average Bonchev–Trinajstić information content (AvgIpc) is 3.01. The van der Waals surface area contributed by atoms with Crippen LogP contribution in [0.3, 0.4) is 0 Å². The first-order valence-electron chi connectivity index (χ1n) is 7.61. The summed E-state index contributed by atoms with van der Waals surface area (Å²) in [5.41, 5.74) is 3.71. The zero-order valence-electron chi connectivity index (χ0n) is 12.4. The van der Waals surface area contributed by atoms with Gasteiger partial charge in [-0.25, -0.2) is 5.10 Å². The van der Waals surface area contributed by atoms with Crippen molar-refractivity contribution in [3.8, 4) is 11.3 Å². The van der Waals surface area contributed by atoms with Gasteiger partial charge in [-0.2, -0.15) is 5.10 Å². The zero-order chi connectivity index (χ0) is 14.7. The molecule has 0 bridgehead atoms. The van der Waals surface area contributed by atoms with E-state index in [1.165, 1.54) is 31.2 Å². The maximum Gasteiger partial charge on any atom is 0.268 e. The number of nitrogens with zero attached hydrogens (tertiary/aromatic N) is 1. The van der Waals surface area contributed by atoms with Crippen LogP contribution in [0.2, 0.25) is 0 Å².